The van der Waals surface area contributed by atoms with Crippen molar-refractivity contribution in [3.63, 3.8) is 0 Å². The van der Waals surface area contributed by atoms with Crippen LogP contribution in [-0.4, -0.2) is 18.6 Å². The van der Waals surface area contributed by atoms with Crippen molar-refractivity contribution < 1.29 is 9.53 Å². The topological polar surface area (TPSA) is 38.3 Å². The number of nitrogens with one attached hydrogen (secondary N) is 1. The Hall–Kier alpha value is -1.81. The highest BCUT2D eigenvalue weighted by Gasteiger charge is 2.22. The van der Waals surface area contributed by atoms with Crippen LogP contribution in [0.5, 0.6) is 5.75 Å². The van der Waals surface area contributed by atoms with Gasteiger partial charge in [0.1, 0.15) is 12.4 Å². The molecule has 1 aliphatic rings. The fraction of sp³-hybridized carbons (Fsp3) is 0.267. The van der Waals surface area contributed by atoms with Crippen molar-refractivity contribution in [3.05, 3.63) is 51.7 Å². The third-order valence-corrected chi connectivity index (χ3v) is 4.30. The Morgan fingerprint density at radius 1 is 1.37 bits per heavy atom. The molecule has 0 spiro atoms. The Labute approximate surface area is 116 Å². The van der Waals surface area contributed by atoms with Crippen molar-refractivity contribution in [2.75, 3.05) is 6.61 Å². The molecule has 19 heavy (non-hydrogen) atoms. The van der Waals surface area contributed by atoms with Crippen LogP contribution in [0.15, 0.2) is 35.7 Å². The fourth-order valence-corrected chi connectivity index (χ4v) is 3.11. The second-order valence-electron chi connectivity index (χ2n) is 4.73. The lowest BCUT2D eigenvalue weighted by molar-refractivity contribution is 0.0919. The number of ether oxygens (including phenoxy) is 1. The van der Waals surface area contributed by atoms with Gasteiger partial charge >= 0.3 is 0 Å². The van der Waals surface area contributed by atoms with Crippen molar-refractivity contribution in [3.8, 4) is 5.75 Å². The molecule has 3 rings (SSSR count). The van der Waals surface area contributed by atoms with E-state index in [4.69, 9.17) is 4.74 Å². The Bertz CT molecular complexity index is 606. The lowest BCUT2D eigenvalue weighted by Crippen LogP contribution is -2.42. The zero-order chi connectivity index (χ0) is 13.2. The summed E-state index contributed by atoms with van der Waals surface area (Å²) in [7, 11) is 0. The van der Waals surface area contributed by atoms with E-state index in [1.807, 2.05) is 42.6 Å². The number of fused-ring (bicyclic) bond motifs is 1. The highest BCUT2D eigenvalue weighted by atomic mass is 32.1. The molecule has 2 aromatic rings. The minimum Gasteiger partial charge on any atom is -0.491 e. The summed E-state index contributed by atoms with van der Waals surface area (Å²) in [5, 5.41) is 4.99. The van der Waals surface area contributed by atoms with E-state index >= 15 is 0 Å². The van der Waals surface area contributed by atoms with E-state index in [9.17, 15) is 4.79 Å². The molecule has 0 fully saturated rings. The van der Waals surface area contributed by atoms with Gasteiger partial charge in [0.25, 0.3) is 5.91 Å². The Balaban J connectivity index is 1.70. The maximum Gasteiger partial charge on any atom is 0.261 e. The number of rotatable bonds is 2. The van der Waals surface area contributed by atoms with Crippen LogP contribution in [0.2, 0.25) is 0 Å². The van der Waals surface area contributed by atoms with Crippen LogP contribution in [0.25, 0.3) is 0 Å². The zero-order valence-electron chi connectivity index (χ0n) is 10.7. The third-order valence-electron chi connectivity index (χ3n) is 3.28. The van der Waals surface area contributed by atoms with Crippen molar-refractivity contribution in [1.29, 1.82) is 0 Å². The molecule has 0 bridgehead atoms. The molecule has 1 N–H and O–H groups in total. The molecule has 1 amide bonds. The van der Waals surface area contributed by atoms with E-state index in [2.05, 4.69) is 5.32 Å². The smallest absolute Gasteiger partial charge is 0.261 e. The Morgan fingerprint density at radius 2 is 2.21 bits per heavy atom. The molecule has 0 saturated heterocycles. The number of hydrogen-bond donors (Lipinski definition) is 1. The predicted molar refractivity (Wildman–Crippen MR) is 76.0 cm³/mol. The summed E-state index contributed by atoms with van der Waals surface area (Å²) in [6.07, 6.45) is 0.826. The number of aryl methyl sites for hydroxylation is 1. The summed E-state index contributed by atoms with van der Waals surface area (Å²) in [6.45, 7) is 2.49. The molecule has 1 unspecified atom stereocenters. The summed E-state index contributed by atoms with van der Waals surface area (Å²) in [6, 6.07) is 9.99. The molecule has 1 aliphatic heterocycles. The van der Waals surface area contributed by atoms with Crippen molar-refractivity contribution in [1.82, 2.24) is 5.32 Å². The Kier molecular flexibility index (Phi) is 3.25. The van der Waals surface area contributed by atoms with Gasteiger partial charge in [-0.25, -0.2) is 0 Å². The van der Waals surface area contributed by atoms with E-state index in [-0.39, 0.29) is 11.9 Å². The average Bonchev–Trinajstić information content (AvgIpc) is 2.85. The van der Waals surface area contributed by atoms with Gasteiger partial charge in [0.15, 0.2) is 0 Å². The largest absolute Gasteiger partial charge is 0.491 e. The van der Waals surface area contributed by atoms with Gasteiger partial charge in [-0.2, -0.15) is 0 Å². The number of para-hydroxylation sites is 1. The van der Waals surface area contributed by atoms with Crippen LogP contribution in [0.1, 0.15) is 20.8 Å². The highest BCUT2D eigenvalue weighted by Crippen LogP contribution is 2.24. The van der Waals surface area contributed by atoms with Gasteiger partial charge in [-0.3, -0.25) is 4.79 Å². The molecule has 0 aliphatic carbocycles. The monoisotopic (exact) mass is 273 g/mol. The summed E-state index contributed by atoms with van der Waals surface area (Å²) in [5.41, 5.74) is 2.18. The van der Waals surface area contributed by atoms with E-state index in [0.29, 0.717) is 6.61 Å². The minimum absolute atomic E-state index is 0.000445. The molecule has 98 valence electrons. The van der Waals surface area contributed by atoms with Crippen LogP contribution in [0.4, 0.5) is 0 Å². The van der Waals surface area contributed by atoms with Gasteiger partial charge in [-0.05, 0) is 42.0 Å². The van der Waals surface area contributed by atoms with E-state index in [0.717, 1.165) is 28.2 Å². The average molecular weight is 273 g/mol. The molecule has 2 heterocycles. The maximum atomic E-state index is 12.2. The summed E-state index contributed by atoms with van der Waals surface area (Å²) < 4.78 is 5.67. The molecular formula is C15H15NO2S. The standard InChI is InChI=1S/C15H15NO2S/c1-10-6-7-19-14(10)15(17)16-12-8-11-4-2-3-5-13(11)18-9-12/h2-7,12H,8-9H2,1H3,(H,16,17). The molecule has 1 aromatic carbocycles. The molecule has 1 aromatic heterocycles. The van der Waals surface area contributed by atoms with Gasteiger partial charge in [-0.15, -0.1) is 11.3 Å². The Morgan fingerprint density at radius 3 is 3.00 bits per heavy atom. The lowest BCUT2D eigenvalue weighted by atomic mass is 10.0. The summed E-state index contributed by atoms with van der Waals surface area (Å²) in [4.78, 5) is 12.9. The highest BCUT2D eigenvalue weighted by molar-refractivity contribution is 7.12. The van der Waals surface area contributed by atoms with Crippen molar-refractivity contribution in [2.24, 2.45) is 0 Å². The van der Waals surface area contributed by atoms with Crippen molar-refractivity contribution in [2.45, 2.75) is 19.4 Å². The van der Waals surface area contributed by atoms with Crippen LogP contribution in [-0.2, 0) is 6.42 Å². The van der Waals surface area contributed by atoms with Gasteiger partial charge in [-0.1, -0.05) is 18.2 Å². The first-order chi connectivity index (χ1) is 9.24. The minimum atomic E-state index is 0.000445. The first-order valence-corrected chi connectivity index (χ1v) is 7.17. The second kappa shape index (κ2) is 5.05. The summed E-state index contributed by atoms with van der Waals surface area (Å²) in [5.74, 6) is 0.931. The first kappa shape index (κ1) is 12.2. The SMILES string of the molecule is Cc1ccsc1C(=O)NC1COc2ccccc2C1. The molecule has 0 saturated carbocycles. The number of benzene rings is 1. The molecular weight excluding hydrogens is 258 g/mol. The number of amides is 1. The second-order valence-corrected chi connectivity index (χ2v) is 5.64. The number of carbonyl (C=O) groups excluding carboxylic acids is 1. The quantitative estimate of drug-likeness (QED) is 0.913. The number of hydrogen-bond acceptors (Lipinski definition) is 3. The number of thiophene rings is 1. The predicted octanol–water partition coefficient (Wildman–Crippen LogP) is 2.79. The summed E-state index contributed by atoms with van der Waals surface area (Å²) >= 11 is 1.48. The van der Waals surface area contributed by atoms with Crippen molar-refractivity contribution >= 4 is 17.2 Å². The normalized spacial score (nSPS) is 17.4. The third kappa shape index (κ3) is 2.49. The van der Waals surface area contributed by atoms with Crippen LogP contribution in [0, 0.1) is 6.92 Å². The van der Waals surface area contributed by atoms with Crippen LogP contribution in [0.3, 0.4) is 0 Å². The van der Waals surface area contributed by atoms with Gasteiger partial charge in [0.2, 0.25) is 0 Å². The van der Waals surface area contributed by atoms with E-state index in [1.165, 1.54) is 11.3 Å². The first-order valence-electron chi connectivity index (χ1n) is 6.29. The van der Waals surface area contributed by atoms with Crippen LogP contribution >= 0.6 is 11.3 Å². The molecule has 0 radical (unpaired) electrons. The molecule has 1 atom stereocenters. The van der Waals surface area contributed by atoms with Gasteiger partial charge in [0.05, 0.1) is 10.9 Å². The lowest BCUT2D eigenvalue weighted by Gasteiger charge is -2.25. The molecule has 4 heteroatoms. The molecule has 3 nitrogen and oxygen atoms in total. The maximum absolute atomic E-state index is 12.2. The number of carbonyl (C=O) groups is 1. The van der Waals surface area contributed by atoms with E-state index < -0.39 is 0 Å². The van der Waals surface area contributed by atoms with E-state index in [1.54, 1.807) is 0 Å². The zero-order valence-corrected chi connectivity index (χ0v) is 11.5. The fourth-order valence-electron chi connectivity index (χ4n) is 2.28. The van der Waals surface area contributed by atoms with Gasteiger partial charge in [0, 0.05) is 0 Å². The van der Waals surface area contributed by atoms with Crippen LogP contribution < -0.4 is 10.1 Å². The van der Waals surface area contributed by atoms with Gasteiger partial charge < -0.3 is 10.1 Å².